The molecule has 0 aromatic carbocycles. The third-order valence-corrected chi connectivity index (χ3v) is 6.25. The van der Waals surface area contributed by atoms with Crippen LogP contribution in [0.5, 0.6) is 0 Å². The lowest BCUT2D eigenvalue weighted by Gasteiger charge is -2.27. The Morgan fingerprint density at radius 2 is 2.00 bits per heavy atom. The molecule has 4 rings (SSSR count). The number of nitrogens with one attached hydrogen (secondary N) is 1. The molecule has 1 aliphatic rings. The van der Waals surface area contributed by atoms with E-state index in [4.69, 9.17) is 0 Å². The maximum Gasteiger partial charge on any atom is 0.183 e. The second-order valence-electron chi connectivity index (χ2n) is 6.37. The molecule has 25 heavy (non-hydrogen) atoms. The summed E-state index contributed by atoms with van der Waals surface area (Å²) >= 11 is 3.44. The maximum atomic E-state index is 4.69. The Hall–Kier alpha value is -1.92. The number of aryl methyl sites for hydroxylation is 1. The molecule has 4 nitrogen and oxygen atoms in total. The van der Waals surface area contributed by atoms with Crippen molar-refractivity contribution in [1.82, 2.24) is 9.97 Å². The van der Waals surface area contributed by atoms with Crippen molar-refractivity contribution in [3.05, 3.63) is 46.3 Å². The highest BCUT2D eigenvalue weighted by molar-refractivity contribution is 7.16. The molecule has 0 atom stereocenters. The van der Waals surface area contributed by atoms with Crippen molar-refractivity contribution in [1.29, 1.82) is 0 Å². The zero-order valence-electron chi connectivity index (χ0n) is 14.4. The maximum absolute atomic E-state index is 4.69. The summed E-state index contributed by atoms with van der Waals surface area (Å²) in [4.78, 5) is 14.3. The topological polar surface area (TPSA) is 41.0 Å². The van der Waals surface area contributed by atoms with Crippen molar-refractivity contribution >= 4 is 33.6 Å². The molecule has 3 aromatic heterocycles. The molecule has 0 bridgehead atoms. The van der Waals surface area contributed by atoms with Crippen LogP contribution in [0.4, 0.5) is 10.9 Å². The normalized spacial score (nSPS) is 14.7. The van der Waals surface area contributed by atoms with Gasteiger partial charge in [0, 0.05) is 36.1 Å². The summed E-state index contributed by atoms with van der Waals surface area (Å²) < 4.78 is 0. The van der Waals surface area contributed by atoms with E-state index in [1.807, 2.05) is 6.20 Å². The Kier molecular flexibility index (Phi) is 4.99. The number of hydrogen-bond donors (Lipinski definition) is 1. The van der Waals surface area contributed by atoms with E-state index < -0.39 is 0 Å². The number of anilines is 2. The molecule has 130 valence electrons. The summed E-state index contributed by atoms with van der Waals surface area (Å²) in [6.07, 6.45) is 5.88. The van der Waals surface area contributed by atoms with Gasteiger partial charge in [0.05, 0.1) is 10.6 Å². The highest BCUT2D eigenvalue weighted by atomic mass is 32.1. The van der Waals surface area contributed by atoms with Crippen LogP contribution in [0.1, 0.15) is 29.7 Å². The predicted molar refractivity (Wildman–Crippen MR) is 108 cm³/mol. The fraction of sp³-hybridized carbons (Fsp3) is 0.368. The zero-order chi connectivity index (χ0) is 17.1. The second kappa shape index (κ2) is 7.54. The van der Waals surface area contributed by atoms with Crippen LogP contribution in [0, 0.1) is 6.92 Å². The SMILES string of the molecule is Cc1ccc(-c2csc(NCc3ccc(N4CCCCC4)nc3)n2)s1. The van der Waals surface area contributed by atoms with Gasteiger partial charge in [0.15, 0.2) is 5.13 Å². The standard InChI is InChI=1S/C19H22N4S2/c1-14-5-7-17(25-14)16-13-24-19(22-16)21-12-15-6-8-18(20-11-15)23-9-3-2-4-10-23/h5-8,11,13H,2-4,9-10,12H2,1H3,(H,21,22). The van der Waals surface area contributed by atoms with Crippen molar-refractivity contribution in [3.63, 3.8) is 0 Å². The molecule has 0 saturated carbocycles. The number of aromatic nitrogens is 2. The van der Waals surface area contributed by atoms with Crippen LogP contribution in [0.15, 0.2) is 35.8 Å². The Bertz CT molecular complexity index is 816. The number of rotatable bonds is 5. The highest BCUT2D eigenvalue weighted by Crippen LogP contribution is 2.30. The summed E-state index contributed by atoms with van der Waals surface area (Å²) in [5.41, 5.74) is 2.24. The summed E-state index contributed by atoms with van der Waals surface area (Å²) in [5.74, 6) is 1.10. The summed E-state index contributed by atoms with van der Waals surface area (Å²) in [6.45, 7) is 5.15. The molecule has 1 N–H and O–H groups in total. The molecule has 1 saturated heterocycles. The molecule has 6 heteroatoms. The van der Waals surface area contributed by atoms with E-state index in [2.05, 4.69) is 56.8 Å². The summed E-state index contributed by atoms with van der Waals surface area (Å²) in [6, 6.07) is 8.59. The fourth-order valence-electron chi connectivity index (χ4n) is 3.05. The van der Waals surface area contributed by atoms with E-state index in [1.54, 1.807) is 22.7 Å². The fourth-order valence-corrected chi connectivity index (χ4v) is 4.66. The smallest absolute Gasteiger partial charge is 0.183 e. The molecule has 1 fully saturated rings. The Labute approximate surface area is 156 Å². The third kappa shape index (κ3) is 4.02. The van der Waals surface area contributed by atoms with Crippen LogP contribution in [0.2, 0.25) is 0 Å². The number of thiophene rings is 1. The quantitative estimate of drug-likeness (QED) is 0.672. The van der Waals surface area contributed by atoms with Gasteiger partial charge in [0.2, 0.25) is 0 Å². The van der Waals surface area contributed by atoms with Gasteiger partial charge in [-0.3, -0.25) is 0 Å². The van der Waals surface area contributed by atoms with Gasteiger partial charge in [0.1, 0.15) is 5.82 Å². The minimum Gasteiger partial charge on any atom is -0.357 e. The van der Waals surface area contributed by atoms with Crippen molar-refractivity contribution in [2.75, 3.05) is 23.3 Å². The van der Waals surface area contributed by atoms with E-state index in [9.17, 15) is 0 Å². The first kappa shape index (κ1) is 16.5. The lowest BCUT2D eigenvalue weighted by molar-refractivity contribution is 0.573. The van der Waals surface area contributed by atoms with E-state index >= 15 is 0 Å². The lowest BCUT2D eigenvalue weighted by Crippen LogP contribution is -2.30. The van der Waals surface area contributed by atoms with Crippen molar-refractivity contribution in [2.24, 2.45) is 0 Å². The van der Waals surface area contributed by atoms with E-state index in [-0.39, 0.29) is 0 Å². The number of thiazole rings is 1. The van der Waals surface area contributed by atoms with Crippen LogP contribution in [0.3, 0.4) is 0 Å². The van der Waals surface area contributed by atoms with Gasteiger partial charge in [-0.2, -0.15) is 0 Å². The van der Waals surface area contributed by atoms with E-state index in [1.165, 1.54) is 34.6 Å². The summed E-state index contributed by atoms with van der Waals surface area (Å²) in [5, 5.41) is 6.49. The van der Waals surface area contributed by atoms with Crippen molar-refractivity contribution in [2.45, 2.75) is 32.7 Å². The van der Waals surface area contributed by atoms with Crippen LogP contribution >= 0.6 is 22.7 Å². The Balaban J connectivity index is 1.36. The van der Waals surface area contributed by atoms with Gasteiger partial charge < -0.3 is 10.2 Å². The molecule has 0 radical (unpaired) electrons. The van der Waals surface area contributed by atoms with Crippen molar-refractivity contribution in [3.8, 4) is 10.6 Å². The molecule has 0 spiro atoms. The number of pyridine rings is 1. The number of nitrogens with zero attached hydrogens (tertiary/aromatic N) is 3. The predicted octanol–water partition coefficient (Wildman–Crippen LogP) is 5.18. The molecular weight excluding hydrogens is 348 g/mol. The van der Waals surface area contributed by atoms with Gasteiger partial charge in [0.25, 0.3) is 0 Å². The molecule has 0 amide bonds. The monoisotopic (exact) mass is 370 g/mol. The lowest BCUT2D eigenvalue weighted by atomic mass is 10.1. The van der Waals surface area contributed by atoms with Gasteiger partial charge in [-0.25, -0.2) is 9.97 Å². The molecule has 1 aliphatic heterocycles. The van der Waals surface area contributed by atoms with Crippen LogP contribution in [-0.2, 0) is 6.54 Å². The van der Waals surface area contributed by atoms with Crippen LogP contribution in [0.25, 0.3) is 10.6 Å². The largest absolute Gasteiger partial charge is 0.357 e. The van der Waals surface area contributed by atoms with E-state index in [0.717, 1.165) is 36.3 Å². The van der Waals surface area contributed by atoms with Gasteiger partial charge in [-0.1, -0.05) is 6.07 Å². The number of piperidine rings is 1. The molecular formula is C19H22N4S2. The second-order valence-corrected chi connectivity index (χ2v) is 8.52. The molecule has 4 heterocycles. The average molecular weight is 371 g/mol. The zero-order valence-corrected chi connectivity index (χ0v) is 16.0. The summed E-state index contributed by atoms with van der Waals surface area (Å²) in [7, 11) is 0. The minimum absolute atomic E-state index is 0.754. The van der Waals surface area contributed by atoms with Crippen molar-refractivity contribution < 1.29 is 0 Å². The first-order valence-electron chi connectivity index (χ1n) is 8.74. The van der Waals surface area contributed by atoms with E-state index in [0.29, 0.717) is 0 Å². The third-order valence-electron chi connectivity index (χ3n) is 4.43. The van der Waals surface area contributed by atoms with Crippen LogP contribution < -0.4 is 10.2 Å². The molecule has 3 aromatic rings. The average Bonchev–Trinajstić information content (AvgIpc) is 3.30. The Morgan fingerprint density at radius 3 is 2.72 bits per heavy atom. The molecule has 0 unspecified atom stereocenters. The highest BCUT2D eigenvalue weighted by Gasteiger charge is 2.12. The van der Waals surface area contributed by atoms with Gasteiger partial charge in [-0.15, -0.1) is 22.7 Å². The first-order valence-corrected chi connectivity index (χ1v) is 10.4. The minimum atomic E-state index is 0.754. The Morgan fingerprint density at radius 1 is 1.12 bits per heavy atom. The first-order chi connectivity index (χ1) is 12.3. The van der Waals surface area contributed by atoms with Gasteiger partial charge >= 0.3 is 0 Å². The molecule has 0 aliphatic carbocycles. The van der Waals surface area contributed by atoms with Crippen LogP contribution in [-0.4, -0.2) is 23.1 Å². The number of hydrogen-bond acceptors (Lipinski definition) is 6. The van der Waals surface area contributed by atoms with Gasteiger partial charge in [-0.05, 0) is 49.9 Å².